The summed E-state index contributed by atoms with van der Waals surface area (Å²) in [5.41, 5.74) is -0.0585. The molecule has 2 rings (SSSR count). The van der Waals surface area contributed by atoms with E-state index in [9.17, 15) is 4.79 Å². The molecule has 1 fully saturated rings. The fraction of sp³-hybridized carbons (Fsp3) is 0.636. The number of rotatable bonds is 1. The first-order chi connectivity index (χ1) is 8.27. The summed E-state index contributed by atoms with van der Waals surface area (Å²) in [5, 5.41) is 6.47. The lowest BCUT2D eigenvalue weighted by atomic mass is 9.82. The third-order valence-corrected chi connectivity index (χ3v) is 3.55. The van der Waals surface area contributed by atoms with Crippen molar-refractivity contribution in [2.45, 2.75) is 38.9 Å². The first-order valence-corrected chi connectivity index (χ1v) is 5.89. The molecule has 1 aromatic rings. The third kappa shape index (κ3) is 2.04. The number of nitrogens with zero attached hydrogens (tertiary/aromatic N) is 2. The van der Waals surface area contributed by atoms with Gasteiger partial charge in [0.25, 0.3) is 0 Å². The predicted octanol–water partition coefficient (Wildman–Crippen LogP) is 0.370. The summed E-state index contributed by atoms with van der Waals surface area (Å²) in [4.78, 5) is 11.4. The van der Waals surface area contributed by atoms with Gasteiger partial charge in [-0.2, -0.15) is 9.78 Å². The lowest BCUT2D eigenvalue weighted by Crippen LogP contribution is -2.41. The van der Waals surface area contributed by atoms with Gasteiger partial charge >= 0.3 is 13.1 Å². The number of aromatic nitrogens is 2. The first kappa shape index (κ1) is 13.1. The van der Waals surface area contributed by atoms with Gasteiger partial charge in [-0.1, -0.05) is 0 Å². The van der Waals surface area contributed by atoms with E-state index in [0.717, 1.165) is 5.46 Å². The van der Waals surface area contributed by atoms with Crippen molar-refractivity contribution in [2.75, 3.05) is 7.05 Å². The maximum Gasteiger partial charge on any atom is 0.498 e. The Labute approximate surface area is 107 Å². The van der Waals surface area contributed by atoms with E-state index >= 15 is 0 Å². The van der Waals surface area contributed by atoms with Gasteiger partial charge in [0.1, 0.15) is 0 Å². The van der Waals surface area contributed by atoms with Gasteiger partial charge in [0.15, 0.2) is 0 Å². The lowest BCUT2D eigenvalue weighted by Gasteiger charge is -2.32. The molecule has 1 aromatic heterocycles. The van der Waals surface area contributed by atoms with Crippen LogP contribution < -0.4 is 10.8 Å². The minimum atomic E-state index is -0.492. The summed E-state index contributed by atoms with van der Waals surface area (Å²) in [5.74, 6) is 0. The quantitative estimate of drug-likeness (QED) is 0.732. The van der Waals surface area contributed by atoms with Gasteiger partial charge in [0.2, 0.25) is 0 Å². The average molecular weight is 251 g/mol. The largest absolute Gasteiger partial charge is 0.498 e. The minimum Gasteiger partial charge on any atom is -0.399 e. The van der Waals surface area contributed by atoms with E-state index < -0.39 is 18.3 Å². The van der Waals surface area contributed by atoms with Crippen LogP contribution in [0, 0.1) is 0 Å². The molecule has 7 heteroatoms. The highest BCUT2D eigenvalue weighted by atomic mass is 16.7. The molecule has 0 saturated carbocycles. The van der Waals surface area contributed by atoms with Gasteiger partial charge in [-0.25, -0.2) is 4.79 Å². The molecular formula is C11H18BN3O3. The molecular weight excluding hydrogens is 233 g/mol. The molecule has 1 saturated heterocycles. The van der Waals surface area contributed by atoms with Crippen molar-refractivity contribution in [3.8, 4) is 0 Å². The van der Waals surface area contributed by atoms with Gasteiger partial charge in [-0.05, 0) is 27.7 Å². The second-order valence-corrected chi connectivity index (χ2v) is 5.36. The molecule has 0 radical (unpaired) electrons. The van der Waals surface area contributed by atoms with E-state index in [2.05, 4.69) is 10.4 Å². The molecule has 18 heavy (non-hydrogen) atoms. The second-order valence-electron chi connectivity index (χ2n) is 5.36. The van der Waals surface area contributed by atoms with Crippen LogP contribution in [0.2, 0.25) is 0 Å². The van der Waals surface area contributed by atoms with Crippen LogP contribution in [0.3, 0.4) is 0 Å². The highest BCUT2D eigenvalue weighted by Crippen LogP contribution is 2.36. The standard InChI is InChI=1S/C11H18BN3O3/c1-10(2)11(3,4)18-12(17-10)8-6-14-15(7-8)9(16)13-5/h6-7H,1-5H3,(H,13,16). The number of carbonyl (C=O) groups is 1. The van der Waals surface area contributed by atoms with Crippen LogP contribution in [0.1, 0.15) is 27.7 Å². The van der Waals surface area contributed by atoms with E-state index in [1.165, 1.54) is 4.68 Å². The number of amides is 1. The van der Waals surface area contributed by atoms with Gasteiger partial charge in [-0.15, -0.1) is 0 Å². The van der Waals surface area contributed by atoms with Gasteiger partial charge in [-0.3, -0.25) is 0 Å². The van der Waals surface area contributed by atoms with Crippen molar-refractivity contribution in [1.29, 1.82) is 0 Å². The van der Waals surface area contributed by atoms with Crippen molar-refractivity contribution in [3.05, 3.63) is 12.4 Å². The Morgan fingerprint density at radius 2 is 1.89 bits per heavy atom. The van der Waals surface area contributed by atoms with E-state index in [1.807, 2.05) is 27.7 Å². The molecule has 1 aliphatic rings. The number of nitrogens with one attached hydrogen (secondary N) is 1. The molecule has 0 aromatic carbocycles. The zero-order chi connectivity index (χ0) is 13.6. The Balaban J connectivity index is 2.20. The maximum absolute atomic E-state index is 11.4. The molecule has 1 aliphatic heterocycles. The Hall–Kier alpha value is -1.34. The summed E-state index contributed by atoms with van der Waals surface area (Å²) in [6, 6.07) is -0.294. The first-order valence-electron chi connectivity index (χ1n) is 5.89. The van der Waals surface area contributed by atoms with E-state index in [0.29, 0.717) is 0 Å². The molecule has 0 unspecified atom stereocenters. The van der Waals surface area contributed by atoms with Crippen LogP contribution >= 0.6 is 0 Å². The van der Waals surface area contributed by atoms with Crippen molar-refractivity contribution in [2.24, 2.45) is 0 Å². The molecule has 0 spiro atoms. The Kier molecular flexibility index (Phi) is 2.99. The summed E-state index contributed by atoms with van der Waals surface area (Å²) >= 11 is 0. The van der Waals surface area contributed by atoms with Crippen LogP contribution in [0.25, 0.3) is 0 Å². The fourth-order valence-electron chi connectivity index (χ4n) is 1.66. The highest BCUT2D eigenvalue weighted by molar-refractivity contribution is 6.62. The molecule has 2 heterocycles. The molecule has 1 amide bonds. The summed E-state index contributed by atoms with van der Waals surface area (Å²) in [6.07, 6.45) is 3.19. The highest BCUT2D eigenvalue weighted by Gasteiger charge is 2.52. The van der Waals surface area contributed by atoms with Crippen LogP contribution in [0.15, 0.2) is 12.4 Å². The predicted molar refractivity (Wildman–Crippen MR) is 67.8 cm³/mol. The number of hydrogen-bond donors (Lipinski definition) is 1. The molecule has 0 bridgehead atoms. The van der Waals surface area contributed by atoms with Crippen LogP contribution in [0.4, 0.5) is 4.79 Å². The molecule has 0 aliphatic carbocycles. The van der Waals surface area contributed by atoms with E-state index in [-0.39, 0.29) is 6.03 Å². The average Bonchev–Trinajstić information content (AvgIpc) is 2.82. The third-order valence-electron chi connectivity index (χ3n) is 3.55. The van der Waals surface area contributed by atoms with Crippen molar-refractivity contribution >= 4 is 18.6 Å². The lowest BCUT2D eigenvalue weighted by molar-refractivity contribution is 0.00578. The topological polar surface area (TPSA) is 65.4 Å². The van der Waals surface area contributed by atoms with Crippen molar-refractivity contribution in [3.63, 3.8) is 0 Å². The maximum atomic E-state index is 11.4. The number of hydrogen-bond acceptors (Lipinski definition) is 4. The zero-order valence-corrected chi connectivity index (χ0v) is 11.4. The molecule has 0 atom stereocenters. The van der Waals surface area contributed by atoms with Crippen LogP contribution in [-0.2, 0) is 9.31 Å². The second kappa shape index (κ2) is 4.10. The number of carbonyl (C=O) groups excluding carboxylic acids is 1. The fourth-order valence-corrected chi connectivity index (χ4v) is 1.66. The summed E-state index contributed by atoms with van der Waals surface area (Å²) < 4.78 is 13.0. The zero-order valence-electron chi connectivity index (χ0n) is 11.4. The normalized spacial score (nSPS) is 21.1. The van der Waals surface area contributed by atoms with Gasteiger partial charge < -0.3 is 14.6 Å². The smallest absolute Gasteiger partial charge is 0.399 e. The van der Waals surface area contributed by atoms with Gasteiger partial charge in [0.05, 0.1) is 11.2 Å². The van der Waals surface area contributed by atoms with Crippen molar-refractivity contribution in [1.82, 2.24) is 15.1 Å². The van der Waals surface area contributed by atoms with Gasteiger partial charge in [0, 0.05) is 24.9 Å². The Bertz CT molecular complexity index is 454. The SMILES string of the molecule is CNC(=O)n1cc(B2OC(C)(C)C(C)(C)O2)cn1. The van der Waals surface area contributed by atoms with Crippen molar-refractivity contribution < 1.29 is 14.1 Å². The van der Waals surface area contributed by atoms with E-state index in [1.54, 1.807) is 19.4 Å². The summed E-state index contributed by atoms with van der Waals surface area (Å²) in [7, 11) is 1.06. The molecule has 6 nitrogen and oxygen atoms in total. The Morgan fingerprint density at radius 1 is 1.33 bits per heavy atom. The molecule has 1 N–H and O–H groups in total. The van der Waals surface area contributed by atoms with Crippen LogP contribution in [-0.4, -0.2) is 41.2 Å². The monoisotopic (exact) mass is 251 g/mol. The van der Waals surface area contributed by atoms with Crippen LogP contribution in [0.5, 0.6) is 0 Å². The van der Waals surface area contributed by atoms with E-state index in [4.69, 9.17) is 9.31 Å². The summed E-state index contributed by atoms with van der Waals surface area (Å²) in [6.45, 7) is 7.93. The Morgan fingerprint density at radius 3 is 2.39 bits per heavy atom. The molecule has 98 valence electrons. The minimum absolute atomic E-state index is 0.294.